The normalized spacial score (nSPS) is 18.9. The van der Waals surface area contributed by atoms with Crippen molar-refractivity contribution >= 4 is 5.78 Å². The van der Waals surface area contributed by atoms with Gasteiger partial charge in [0, 0.05) is 5.56 Å². The molecule has 1 fully saturated rings. The zero-order chi connectivity index (χ0) is 14.5. The van der Waals surface area contributed by atoms with Crippen LogP contribution in [0.15, 0.2) is 24.3 Å². The van der Waals surface area contributed by atoms with Gasteiger partial charge in [0.15, 0.2) is 5.78 Å². The van der Waals surface area contributed by atoms with Crippen molar-refractivity contribution in [1.82, 2.24) is 4.90 Å². The lowest BCUT2D eigenvalue weighted by atomic mass is 9.96. The van der Waals surface area contributed by atoms with Crippen molar-refractivity contribution in [2.45, 2.75) is 46.0 Å². The lowest BCUT2D eigenvalue weighted by Crippen LogP contribution is -2.36. The van der Waals surface area contributed by atoms with Crippen molar-refractivity contribution in [1.29, 1.82) is 0 Å². The molecule has 0 aromatic heterocycles. The van der Waals surface area contributed by atoms with Gasteiger partial charge >= 0.3 is 0 Å². The number of carbonyl (C=O) groups is 1. The van der Waals surface area contributed by atoms with Gasteiger partial charge in [0.05, 0.1) is 6.54 Å². The summed E-state index contributed by atoms with van der Waals surface area (Å²) in [6, 6.07) is 8.21. The quantitative estimate of drug-likeness (QED) is 0.752. The molecule has 1 aliphatic heterocycles. The largest absolute Gasteiger partial charge is 0.296 e. The van der Waals surface area contributed by atoms with Crippen LogP contribution in [0, 0.1) is 5.92 Å². The number of ketones is 1. The van der Waals surface area contributed by atoms with E-state index in [9.17, 15) is 4.79 Å². The van der Waals surface area contributed by atoms with E-state index in [-0.39, 0.29) is 5.78 Å². The maximum Gasteiger partial charge on any atom is 0.176 e. The third-order valence-corrected chi connectivity index (χ3v) is 4.66. The molecule has 1 atom stereocenters. The summed E-state index contributed by atoms with van der Waals surface area (Å²) in [6.07, 6.45) is 3.58. The number of likely N-dealkylation sites (tertiary alicyclic amines) is 1. The van der Waals surface area contributed by atoms with Gasteiger partial charge in [-0.05, 0) is 49.8 Å². The molecule has 0 bridgehead atoms. The number of carbonyl (C=O) groups excluding carboxylic acids is 1. The van der Waals surface area contributed by atoms with E-state index < -0.39 is 0 Å². The molecule has 1 heterocycles. The number of Topliss-reactive ketones (excluding diaryl/α,β-unsaturated/α-hetero) is 1. The van der Waals surface area contributed by atoms with E-state index in [0.29, 0.717) is 12.5 Å². The molecule has 1 aromatic carbocycles. The molecular weight excluding hydrogens is 246 g/mol. The SMILES string of the molecule is CCC(C)c1ccc(C(=O)CN2CCC(C)CC2)cc1. The Bertz CT molecular complexity index is 429. The molecule has 2 nitrogen and oxygen atoms in total. The first-order chi connectivity index (χ1) is 9.60. The molecule has 20 heavy (non-hydrogen) atoms. The summed E-state index contributed by atoms with van der Waals surface area (Å²) in [5.74, 6) is 1.65. The van der Waals surface area contributed by atoms with E-state index in [1.165, 1.54) is 18.4 Å². The van der Waals surface area contributed by atoms with E-state index >= 15 is 0 Å². The van der Waals surface area contributed by atoms with E-state index in [0.717, 1.165) is 31.0 Å². The van der Waals surface area contributed by atoms with Crippen molar-refractivity contribution in [2.24, 2.45) is 5.92 Å². The fraction of sp³-hybridized carbons (Fsp3) is 0.611. The Morgan fingerprint density at radius 2 is 1.85 bits per heavy atom. The summed E-state index contributed by atoms with van der Waals surface area (Å²) in [5, 5.41) is 0. The molecule has 1 aromatic rings. The van der Waals surface area contributed by atoms with Crippen LogP contribution in [0.25, 0.3) is 0 Å². The second-order valence-corrected chi connectivity index (χ2v) is 6.31. The highest BCUT2D eigenvalue weighted by Crippen LogP contribution is 2.20. The Morgan fingerprint density at radius 3 is 2.40 bits per heavy atom. The van der Waals surface area contributed by atoms with Crippen molar-refractivity contribution < 1.29 is 4.79 Å². The second-order valence-electron chi connectivity index (χ2n) is 6.31. The molecule has 0 N–H and O–H groups in total. The summed E-state index contributed by atoms with van der Waals surface area (Å²) in [5.41, 5.74) is 2.19. The van der Waals surface area contributed by atoms with Crippen LogP contribution in [0.1, 0.15) is 61.9 Å². The fourth-order valence-corrected chi connectivity index (χ4v) is 2.75. The van der Waals surface area contributed by atoms with Crippen LogP contribution in [0.2, 0.25) is 0 Å². The summed E-state index contributed by atoms with van der Waals surface area (Å²) in [6.45, 7) is 9.44. The summed E-state index contributed by atoms with van der Waals surface area (Å²) in [4.78, 5) is 14.6. The van der Waals surface area contributed by atoms with Crippen LogP contribution in [-0.2, 0) is 0 Å². The van der Waals surface area contributed by atoms with Crippen LogP contribution < -0.4 is 0 Å². The third-order valence-electron chi connectivity index (χ3n) is 4.66. The predicted molar refractivity (Wildman–Crippen MR) is 84.3 cm³/mol. The Hall–Kier alpha value is -1.15. The van der Waals surface area contributed by atoms with Gasteiger partial charge in [-0.15, -0.1) is 0 Å². The molecule has 1 saturated heterocycles. The first kappa shape index (κ1) is 15.2. The molecule has 1 aliphatic rings. The van der Waals surface area contributed by atoms with E-state index in [1.54, 1.807) is 0 Å². The van der Waals surface area contributed by atoms with Crippen molar-refractivity contribution in [3.63, 3.8) is 0 Å². The molecule has 2 rings (SSSR count). The maximum absolute atomic E-state index is 12.3. The van der Waals surface area contributed by atoms with Crippen molar-refractivity contribution in [3.8, 4) is 0 Å². The molecule has 0 spiro atoms. The standard InChI is InChI=1S/C18H27NO/c1-4-15(3)16-5-7-17(8-6-16)18(20)13-19-11-9-14(2)10-12-19/h5-8,14-15H,4,9-13H2,1-3H3. The summed E-state index contributed by atoms with van der Waals surface area (Å²) >= 11 is 0. The lowest BCUT2D eigenvalue weighted by Gasteiger charge is -2.29. The van der Waals surface area contributed by atoms with Crippen LogP contribution in [0.5, 0.6) is 0 Å². The average Bonchev–Trinajstić information content (AvgIpc) is 2.49. The van der Waals surface area contributed by atoms with Crippen LogP contribution in [0.3, 0.4) is 0 Å². The highest BCUT2D eigenvalue weighted by atomic mass is 16.1. The number of hydrogen-bond donors (Lipinski definition) is 0. The van der Waals surface area contributed by atoms with Gasteiger partial charge in [-0.25, -0.2) is 0 Å². The number of benzene rings is 1. The van der Waals surface area contributed by atoms with Crippen molar-refractivity contribution in [3.05, 3.63) is 35.4 Å². The van der Waals surface area contributed by atoms with Gasteiger partial charge in [-0.3, -0.25) is 9.69 Å². The first-order valence-electron chi connectivity index (χ1n) is 7.95. The van der Waals surface area contributed by atoms with Gasteiger partial charge in [0.1, 0.15) is 0 Å². The molecule has 2 heteroatoms. The third kappa shape index (κ3) is 3.92. The molecule has 0 radical (unpaired) electrons. The van der Waals surface area contributed by atoms with Gasteiger partial charge < -0.3 is 0 Å². The van der Waals surface area contributed by atoms with Crippen LogP contribution in [-0.4, -0.2) is 30.3 Å². The second kappa shape index (κ2) is 7.03. The molecular formula is C18H27NO. The number of nitrogens with zero attached hydrogens (tertiary/aromatic N) is 1. The minimum Gasteiger partial charge on any atom is -0.296 e. The molecule has 0 saturated carbocycles. The van der Waals surface area contributed by atoms with Gasteiger partial charge in [-0.2, -0.15) is 0 Å². The van der Waals surface area contributed by atoms with E-state index in [4.69, 9.17) is 0 Å². The fourth-order valence-electron chi connectivity index (χ4n) is 2.75. The molecule has 0 amide bonds. The Morgan fingerprint density at radius 1 is 1.25 bits per heavy atom. The Balaban J connectivity index is 1.92. The van der Waals surface area contributed by atoms with E-state index in [1.807, 2.05) is 12.1 Å². The smallest absolute Gasteiger partial charge is 0.176 e. The minimum absolute atomic E-state index is 0.259. The maximum atomic E-state index is 12.3. The minimum atomic E-state index is 0.259. The lowest BCUT2D eigenvalue weighted by molar-refractivity contribution is 0.0900. The van der Waals surface area contributed by atoms with Crippen molar-refractivity contribution in [2.75, 3.05) is 19.6 Å². The number of hydrogen-bond acceptors (Lipinski definition) is 2. The summed E-state index contributed by atoms with van der Waals surface area (Å²) < 4.78 is 0. The molecule has 0 aliphatic carbocycles. The number of piperidine rings is 1. The van der Waals surface area contributed by atoms with Crippen LogP contribution in [0.4, 0.5) is 0 Å². The van der Waals surface area contributed by atoms with Crippen LogP contribution >= 0.6 is 0 Å². The zero-order valence-electron chi connectivity index (χ0n) is 13.1. The Kier molecular flexibility index (Phi) is 5.36. The van der Waals surface area contributed by atoms with Gasteiger partial charge in [0.25, 0.3) is 0 Å². The molecule has 110 valence electrons. The topological polar surface area (TPSA) is 20.3 Å². The monoisotopic (exact) mass is 273 g/mol. The molecule has 1 unspecified atom stereocenters. The van der Waals surface area contributed by atoms with Gasteiger partial charge in [0.2, 0.25) is 0 Å². The number of rotatable bonds is 5. The highest BCUT2D eigenvalue weighted by Gasteiger charge is 2.18. The summed E-state index contributed by atoms with van der Waals surface area (Å²) in [7, 11) is 0. The predicted octanol–water partition coefficient (Wildman–Crippen LogP) is 4.11. The Labute approximate surface area is 123 Å². The zero-order valence-corrected chi connectivity index (χ0v) is 13.1. The van der Waals surface area contributed by atoms with Gasteiger partial charge in [-0.1, -0.05) is 45.0 Å². The van der Waals surface area contributed by atoms with E-state index in [2.05, 4.69) is 37.8 Å². The average molecular weight is 273 g/mol. The highest BCUT2D eigenvalue weighted by molar-refractivity contribution is 5.97. The first-order valence-corrected chi connectivity index (χ1v) is 7.95.